The Morgan fingerprint density at radius 2 is 2.09 bits per heavy atom. The molecule has 0 aliphatic rings. The van der Waals surface area contributed by atoms with Crippen LogP contribution in [0.1, 0.15) is 15.4 Å². The van der Waals surface area contributed by atoms with E-state index >= 15 is 0 Å². The van der Waals surface area contributed by atoms with Crippen LogP contribution in [-0.4, -0.2) is 15.9 Å². The van der Waals surface area contributed by atoms with Gasteiger partial charge >= 0.3 is 5.97 Å². The summed E-state index contributed by atoms with van der Waals surface area (Å²) in [5.41, 5.74) is 1.66. The zero-order valence-electron chi connectivity index (χ0n) is 11.8. The second-order valence-corrected chi connectivity index (χ2v) is 5.51. The molecule has 3 aromatic rings. The van der Waals surface area contributed by atoms with Gasteiger partial charge in [0.2, 0.25) is 0 Å². The first kappa shape index (κ1) is 14.2. The smallest absolute Gasteiger partial charge is 0.353 e. The summed E-state index contributed by atoms with van der Waals surface area (Å²) in [6.07, 6.45) is 1.50. The maximum absolute atomic E-state index is 11.9. The van der Waals surface area contributed by atoms with E-state index in [0.717, 1.165) is 11.4 Å². The molecule has 0 aliphatic heterocycles. The first-order valence-electron chi connectivity index (χ1n) is 6.62. The fraction of sp³-hybridized carbons (Fsp3) is 0.0625. The molecule has 110 valence electrons. The fourth-order valence-corrected chi connectivity index (χ4v) is 2.46. The largest absolute Gasteiger partial charge is 0.422 e. The van der Waals surface area contributed by atoms with Crippen molar-refractivity contribution in [2.75, 3.05) is 5.32 Å². The fourth-order valence-electron chi connectivity index (χ4n) is 1.86. The molecule has 0 radical (unpaired) electrons. The average molecular weight is 311 g/mol. The lowest BCUT2D eigenvalue weighted by Gasteiger charge is -2.08. The van der Waals surface area contributed by atoms with Crippen LogP contribution in [-0.2, 0) is 0 Å². The number of ether oxygens (including phenoxy) is 1. The predicted molar refractivity (Wildman–Crippen MR) is 85.8 cm³/mol. The molecule has 0 spiro atoms. The molecule has 0 atom stereocenters. The zero-order valence-corrected chi connectivity index (χ0v) is 12.6. The second-order valence-electron chi connectivity index (χ2n) is 4.56. The van der Waals surface area contributed by atoms with Gasteiger partial charge < -0.3 is 10.1 Å². The van der Waals surface area contributed by atoms with Gasteiger partial charge in [0.15, 0.2) is 0 Å². The van der Waals surface area contributed by atoms with Crippen molar-refractivity contribution in [3.63, 3.8) is 0 Å². The van der Waals surface area contributed by atoms with Crippen LogP contribution < -0.4 is 10.1 Å². The minimum absolute atomic E-state index is 0.356. The van der Waals surface area contributed by atoms with Gasteiger partial charge in [0.1, 0.15) is 22.8 Å². The predicted octanol–water partition coefficient (Wildman–Crippen LogP) is 3.81. The number of thiophene rings is 1. The zero-order chi connectivity index (χ0) is 15.4. The number of carbonyl (C=O) groups excluding carboxylic acids is 1. The molecule has 22 heavy (non-hydrogen) atoms. The average Bonchev–Trinajstić information content (AvgIpc) is 3.02. The van der Waals surface area contributed by atoms with Crippen molar-refractivity contribution in [1.29, 1.82) is 0 Å². The lowest BCUT2D eigenvalue weighted by Crippen LogP contribution is -2.06. The highest BCUT2D eigenvalue weighted by Crippen LogP contribution is 2.22. The third-order valence-electron chi connectivity index (χ3n) is 2.84. The number of aryl methyl sites for hydroxylation is 1. The third-order valence-corrected chi connectivity index (χ3v) is 3.69. The molecule has 1 aromatic carbocycles. The number of esters is 1. The molecule has 6 heteroatoms. The molecule has 1 N–H and O–H groups in total. The van der Waals surface area contributed by atoms with Crippen molar-refractivity contribution in [1.82, 2.24) is 9.97 Å². The van der Waals surface area contributed by atoms with Crippen molar-refractivity contribution in [3.05, 3.63) is 64.7 Å². The third kappa shape index (κ3) is 3.48. The second kappa shape index (κ2) is 6.36. The van der Waals surface area contributed by atoms with E-state index in [1.807, 2.05) is 36.6 Å². The van der Waals surface area contributed by atoms with Gasteiger partial charge in [0.05, 0.1) is 0 Å². The number of nitrogens with one attached hydrogen (secondary N) is 1. The van der Waals surface area contributed by atoms with E-state index in [1.165, 1.54) is 17.7 Å². The van der Waals surface area contributed by atoms with Crippen LogP contribution in [0, 0.1) is 6.92 Å². The minimum atomic E-state index is -0.356. The molecule has 3 rings (SSSR count). The number of carbonyl (C=O) groups is 1. The summed E-state index contributed by atoms with van der Waals surface area (Å²) >= 11 is 1.35. The molecule has 5 nitrogen and oxygen atoms in total. The van der Waals surface area contributed by atoms with Gasteiger partial charge in [-0.05, 0) is 30.5 Å². The van der Waals surface area contributed by atoms with Gasteiger partial charge in [-0.1, -0.05) is 12.1 Å². The quantitative estimate of drug-likeness (QED) is 0.586. The number of hydrogen-bond acceptors (Lipinski definition) is 6. The molecule has 0 aliphatic carbocycles. The molecule has 0 unspecified atom stereocenters. The summed E-state index contributed by atoms with van der Waals surface area (Å²) < 4.78 is 5.36. The molecule has 2 heterocycles. The Morgan fingerprint density at radius 3 is 2.86 bits per heavy atom. The maximum atomic E-state index is 11.9. The van der Waals surface area contributed by atoms with Gasteiger partial charge in [0.25, 0.3) is 0 Å². The van der Waals surface area contributed by atoms with E-state index in [-0.39, 0.29) is 5.97 Å². The van der Waals surface area contributed by atoms with Crippen molar-refractivity contribution >= 4 is 28.8 Å². The summed E-state index contributed by atoms with van der Waals surface area (Å²) in [6, 6.07) is 12.6. The molecule has 0 fully saturated rings. The van der Waals surface area contributed by atoms with Crippen LogP contribution in [0.2, 0.25) is 0 Å². The molecule has 0 amide bonds. The Morgan fingerprint density at radius 1 is 1.18 bits per heavy atom. The maximum Gasteiger partial charge on any atom is 0.353 e. The monoisotopic (exact) mass is 311 g/mol. The summed E-state index contributed by atoms with van der Waals surface area (Å²) in [5, 5.41) is 4.99. The van der Waals surface area contributed by atoms with Gasteiger partial charge in [-0.25, -0.2) is 14.8 Å². The topological polar surface area (TPSA) is 64.1 Å². The Balaban J connectivity index is 1.74. The molecular weight excluding hydrogens is 298 g/mol. The molecule has 0 bridgehead atoms. The Hall–Kier alpha value is -2.73. The first-order valence-corrected chi connectivity index (χ1v) is 7.50. The molecule has 0 saturated carbocycles. The number of rotatable bonds is 4. The minimum Gasteiger partial charge on any atom is -0.422 e. The normalized spacial score (nSPS) is 10.2. The summed E-state index contributed by atoms with van der Waals surface area (Å²) in [4.78, 5) is 20.7. The van der Waals surface area contributed by atoms with E-state index in [2.05, 4.69) is 15.3 Å². The van der Waals surface area contributed by atoms with Crippen LogP contribution in [0.15, 0.2) is 54.2 Å². The highest BCUT2D eigenvalue weighted by atomic mass is 32.1. The Bertz CT molecular complexity index is 788. The van der Waals surface area contributed by atoms with Crippen molar-refractivity contribution in [3.8, 4) is 5.75 Å². The lowest BCUT2D eigenvalue weighted by atomic mass is 10.3. The Kier molecular flexibility index (Phi) is 4.11. The molecule has 2 aromatic heterocycles. The molecule has 0 saturated heterocycles. The van der Waals surface area contributed by atoms with Gasteiger partial charge in [0, 0.05) is 23.5 Å². The number of aromatic nitrogens is 2. The highest BCUT2D eigenvalue weighted by molar-refractivity contribution is 7.12. The van der Waals surface area contributed by atoms with E-state index < -0.39 is 0 Å². The lowest BCUT2D eigenvalue weighted by molar-refractivity contribution is 0.0740. The SMILES string of the molecule is Cc1cc(Nc2cccc(OC(=O)c3cccs3)c2)ncn1. The van der Waals surface area contributed by atoms with Crippen molar-refractivity contribution in [2.24, 2.45) is 0 Å². The summed E-state index contributed by atoms with van der Waals surface area (Å²) in [6.45, 7) is 1.89. The highest BCUT2D eigenvalue weighted by Gasteiger charge is 2.09. The molecular formula is C16H13N3O2S. The first-order chi connectivity index (χ1) is 10.7. The van der Waals surface area contributed by atoms with Crippen LogP contribution in [0.5, 0.6) is 5.75 Å². The van der Waals surface area contributed by atoms with E-state index in [0.29, 0.717) is 16.4 Å². The summed E-state index contributed by atoms with van der Waals surface area (Å²) in [7, 11) is 0. The van der Waals surface area contributed by atoms with Crippen LogP contribution in [0.25, 0.3) is 0 Å². The van der Waals surface area contributed by atoms with Crippen LogP contribution in [0.4, 0.5) is 11.5 Å². The number of benzene rings is 1. The van der Waals surface area contributed by atoms with Crippen LogP contribution in [0.3, 0.4) is 0 Å². The van der Waals surface area contributed by atoms with Gasteiger partial charge in [-0.3, -0.25) is 0 Å². The van der Waals surface area contributed by atoms with E-state index in [4.69, 9.17) is 4.74 Å². The van der Waals surface area contributed by atoms with Crippen molar-refractivity contribution in [2.45, 2.75) is 6.92 Å². The van der Waals surface area contributed by atoms with E-state index in [1.54, 1.807) is 18.2 Å². The number of anilines is 2. The summed E-state index contributed by atoms with van der Waals surface area (Å²) in [5.74, 6) is 0.813. The number of nitrogens with zero attached hydrogens (tertiary/aromatic N) is 2. The van der Waals surface area contributed by atoms with Crippen LogP contribution >= 0.6 is 11.3 Å². The van der Waals surface area contributed by atoms with E-state index in [9.17, 15) is 4.79 Å². The van der Waals surface area contributed by atoms with Crippen molar-refractivity contribution < 1.29 is 9.53 Å². The number of hydrogen-bond donors (Lipinski definition) is 1. The van der Waals surface area contributed by atoms with Gasteiger partial charge in [-0.15, -0.1) is 11.3 Å². The standard InChI is InChI=1S/C16H13N3O2S/c1-11-8-15(18-10-17-11)19-12-4-2-5-13(9-12)21-16(20)14-6-3-7-22-14/h2-10H,1H3,(H,17,18,19). The Labute approximate surface area is 131 Å². The van der Waals surface area contributed by atoms with Gasteiger partial charge in [-0.2, -0.15) is 0 Å².